The number of carbonyl (C=O) groups excluding carboxylic acids is 1. The van der Waals surface area contributed by atoms with E-state index in [4.69, 9.17) is 11.5 Å². The van der Waals surface area contributed by atoms with Crippen molar-refractivity contribution in [3.05, 3.63) is 42.0 Å². The Bertz CT molecular complexity index is 598. The predicted molar refractivity (Wildman–Crippen MR) is 83.7 cm³/mol. The summed E-state index contributed by atoms with van der Waals surface area (Å²) in [7, 11) is 0. The van der Waals surface area contributed by atoms with E-state index in [1.54, 1.807) is 17.8 Å². The van der Waals surface area contributed by atoms with Crippen LogP contribution in [0.25, 0.3) is 10.8 Å². The second-order valence-corrected chi connectivity index (χ2v) is 5.49. The van der Waals surface area contributed by atoms with Crippen LogP contribution in [-0.4, -0.2) is 23.8 Å². The number of ketones is 1. The Labute approximate surface area is 117 Å². The molecule has 19 heavy (non-hydrogen) atoms. The van der Waals surface area contributed by atoms with Gasteiger partial charge in [-0.25, -0.2) is 0 Å². The number of nitrogen functional groups attached to an aromatic ring is 1. The quantitative estimate of drug-likeness (QED) is 0.649. The fraction of sp³-hybridized carbons (Fsp3) is 0.267. The second-order valence-electron chi connectivity index (χ2n) is 4.50. The Hall–Kier alpha value is -1.52. The predicted octanol–water partition coefficient (Wildman–Crippen LogP) is 2.69. The Morgan fingerprint density at radius 1 is 1.26 bits per heavy atom. The maximum Gasteiger partial charge on any atom is 0.182 e. The first-order valence-corrected chi connectivity index (χ1v) is 7.60. The molecule has 0 saturated heterocycles. The molecule has 0 aliphatic rings. The Morgan fingerprint density at radius 3 is 2.74 bits per heavy atom. The zero-order valence-corrected chi connectivity index (χ0v) is 11.7. The number of fused-ring (bicyclic) bond motifs is 1. The zero-order chi connectivity index (χ0) is 13.8. The summed E-state index contributed by atoms with van der Waals surface area (Å²) in [5.74, 6) is 0.806. The minimum absolute atomic E-state index is 0.0663. The molecule has 2 aromatic carbocycles. The summed E-state index contributed by atoms with van der Waals surface area (Å²) >= 11 is 1.69. The molecule has 0 unspecified atom stereocenters. The van der Waals surface area contributed by atoms with Gasteiger partial charge in [-0.15, -0.1) is 0 Å². The highest BCUT2D eigenvalue weighted by Gasteiger charge is 2.20. The number of anilines is 1. The van der Waals surface area contributed by atoms with Gasteiger partial charge >= 0.3 is 0 Å². The highest BCUT2D eigenvalue weighted by molar-refractivity contribution is 7.98. The van der Waals surface area contributed by atoms with E-state index in [0.717, 1.165) is 16.5 Å². The summed E-state index contributed by atoms with van der Waals surface area (Å²) in [6.07, 6.45) is 2.67. The zero-order valence-electron chi connectivity index (χ0n) is 10.9. The third kappa shape index (κ3) is 2.91. The van der Waals surface area contributed by atoms with Gasteiger partial charge in [0, 0.05) is 11.3 Å². The first-order valence-electron chi connectivity index (χ1n) is 6.21. The summed E-state index contributed by atoms with van der Waals surface area (Å²) in [5, 5.41) is 1.89. The second kappa shape index (κ2) is 6.08. The van der Waals surface area contributed by atoms with Gasteiger partial charge in [0.1, 0.15) is 0 Å². The number of benzene rings is 2. The molecule has 3 nitrogen and oxygen atoms in total. The summed E-state index contributed by atoms with van der Waals surface area (Å²) in [6.45, 7) is 0. The van der Waals surface area contributed by atoms with Gasteiger partial charge < -0.3 is 11.5 Å². The molecule has 0 fully saturated rings. The van der Waals surface area contributed by atoms with Crippen molar-refractivity contribution in [1.29, 1.82) is 0 Å². The number of thioether (sulfide) groups is 1. The lowest BCUT2D eigenvalue weighted by Crippen LogP contribution is -2.31. The largest absolute Gasteiger partial charge is 0.398 e. The van der Waals surface area contributed by atoms with Crippen LogP contribution in [0.2, 0.25) is 0 Å². The minimum Gasteiger partial charge on any atom is -0.398 e. The normalized spacial score (nSPS) is 12.5. The van der Waals surface area contributed by atoms with Crippen molar-refractivity contribution in [1.82, 2.24) is 0 Å². The fourth-order valence-electron chi connectivity index (χ4n) is 2.12. The van der Waals surface area contributed by atoms with Gasteiger partial charge in [0.15, 0.2) is 5.78 Å². The van der Waals surface area contributed by atoms with E-state index >= 15 is 0 Å². The van der Waals surface area contributed by atoms with Crippen LogP contribution in [-0.2, 0) is 0 Å². The van der Waals surface area contributed by atoms with Gasteiger partial charge in [0.2, 0.25) is 0 Å². The Balaban J connectivity index is 2.43. The lowest BCUT2D eigenvalue weighted by atomic mass is 9.95. The summed E-state index contributed by atoms with van der Waals surface area (Å²) in [6, 6.07) is 11.0. The maximum atomic E-state index is 12.5. The summed E-state index contributed by atoms with van der Waals surface area (Å²) < 4.78 is 0. The number of hydrogen-bond acceptors (Lipinski definition) is 4. The molecule has 0 aromatic heterocycles. The SMILES string of the molecule is CSCC[C@H](N)C(=O)c1c(N)ccc2ccccc12. The molecule has 1 atom stereocenters. The van der Waals surface area contributed by atoms with Gasteiger partial charge in [-0.2, -0.15) is 11.8 Å². The van der Waals surface area contributed by atoms with E-state index in [2.05, 4.69) is 0 Å². The molecule has 0 amide bonds. The van der Waals surface area contributed by atoms with E-state index in [1.807, 2.05) is 36.6 Å². The number of Topliss-reactive ketones (excluding diaryl/α,β-unsaturated/α-hetero) is 1. The van der Waals surface area contributed by atoms with Crippen molar-refractivity contribution in [3.63, 3.8) is 0 Å². The van der Waals surface area contributed by atoms with Crippen LogP contribution >= 0.6 is 11.8 Å². The molecule has 100 valence electrons. The number of rotatable bonds is 5. The average Bonchev–Trinajstić information content (AvgIpc) is 2.44. The van der Waals surface area contributed by atoms with Crippen molar-refractivity contribution in [3.8, 4) is 0 Å². The van der Waals surface area contributed by atoms with Crippen molar-refractivity contribution in [2.24, 2.45) is 5.73 Å². The highest BCUT2D eigenvalue weighted by atomic mass is 32.2. The van der Waals surface area contributed by atoms with E-state index in [-0.39, 0.29) is 5.78 Å². The molecule has 0 spiro atoms. The van der Waals surface area contributed by atoms with Gasteiger partial charge in [-0.3, -0.25) is 4.79 Å². The van der Waals surface area contributed by atoms with Crippen molar-refractivity contribution < 1.29 is 4.79 Å². The van der Waals surface area contributed by atoms with Crippen molar-refractivity contribution in [2.75, 3.05) is 17.7 Å². The third-order valence-corrected chi connectivity index (χ3v) is 3.82. The van der Waals surface area contributed by atoms with Crippen LogP contribution in [0.5, 0.6) is 0 Å². The first-order chi connectivity index (χ1) is 9.15. The molecule has 0 aliphatic carbocycles. The molecular formula is C15H18N2OS. The monoisotopic (exact) mass is 274 g/mol. The first kappa shape index (κ1) is 13.9. The average molecular weight is 274 g/mol. The number of hydrogen-bond donors (Lipinski definition) is 2. The number of nitrogens with two attached hydrogens (primary N) is 2. The van der Waals surface area contributed by atoms with Crippen LogP contribution < -0.4 is 11.5 Å². The summed E-state index contributed by atoms with van der Waals surface area (Å²) in [4.78, 5) is 12.5. The molecule has 0 heterocycles. The molecular weight excluding hydrogens is 256 g/mol. The van der Waals surface area contributed by atoms with Gasteiger partial charge in [0.05, 0.1) is 6.04 Å². The van der Waals surface area contributed by atoms with Gasteiger partial charge in [-0.1, -0.05) is 30.3 Å². The van der Waals surface area contributed by atoms with Gasteiger partial charge in [0.25, 0.3) is 0 Å². The van der Waals surface area contributed by atoms with Crippen molar-refractivity contribution >= 4 is 34.0 Å². The molecule has 2 aromatic rings. The number of carbonyl (C=O) groups is 1. The highest BCUT2D eigenvalue weighted by Crippen LogP contribution is 2.25. The van der Waals surface area contributed by atoms with Crippen LogP contribution in [0.4, 0.5) is 5.69 Å². The van der Waals surface area contributed by atoms with E-state index in [9.17, 15) is 4.79 Å². The molecule has 4 N–H and O–H groups in total. The van der Waals surface area contributed by atoms with E-state index in [1.165, 1.54) is 0 Å². The van der Waals surface area contributed by atoms with E-state index in [0.29, 0.717) is 17.7 Å². The van der Waals surface area contributed by atoms with Crippen LogP contribution in [0, 0.1) is 0 Å². The molecule has 0 aliphatic heterocycles. The molecule has 2 rings (SSSR count). The lowest BCUT2D eigenvalue weighted by Gasteiger charge is -2.14. The minimum atomic E-state index is -0.486. The maximum absolute atomic E-state index is 12.5. The molecule has 0 radical (unpaired) electrons. The van der Waals surface area contributed by atoms with Crippen LogP contribution in [0.1, 0.15) is 16.8 Å². The van der Waals surface area contributed by atoms with Gasteiger partial charge in [-0.05, 0) is 35.3 Å². The third-order valence-electron chi connectivity index (χ3n) is 3.18. The van der Waals surface area contributed by atoms with Crippen molar-refractivity contribution in [2.45, 2.75) is 12.5 Å². The Morgan fingerprint density at radius 2 is 2.00 bits per heavy atom. The van der Waals surface area contributed by atoms with Crippen LogP contribution in [0.3, 0.4) is 0 Å². The summed E-state index contributed by atoms with van der Waals surface area (Å²) in [5.41, 5.74) is 13.0. The standard InChI is InChI=1S/C15H18N2OS/c1-19-9-8-13(17)15(18)14-11-5-3-2-4-10(11)6-7-12(14)16/h2-7,13H,8-9,16-17H2,1H3/t13-/m0/s1. The smallest absolute Gasteiger partial charge is 0.182 e. The molecule has 0 saturated carbocycles. The lowest BCUT2D eigenvalue weighted by molar-refractivity contribution is 0.0962. The molecule has 0 bridgehead atoms. The fourth-order valence-corrected chi connectivity index (χ4v) is 2.61. The van der Waals surface area contributed by atoms with E-state index < -0.39 is 6.04 Å². The van der Waals surface area contributed by atoms with Crippen LogP contribution in [0.15, 0.2) is 36.4 Å². The topological polar surface area (TPSA) is 69.1 Å². The Kier molecular flexibility index (Phi) is 4.45. The molecule has 4 heteroatoms.